The van der Waals surface area contributed by atoms with Gasteiger partial charge < -0.3 is 10.2 Å². The smallest absolute Gasteiger partial charge is 0.182 e. The largest absolute Gasteiger partial charge is 0.360 e. The minimum atomic E-state index is 0.595. The molecule has 1 N–H and O–H groups in total. The van der Waals surface area contributed by atoms with Crippen LogP contribution in [0.3, 0.4) is 0 Å². The molecule has 2 rings (SSSR count). The van der Waals surface area contributed by atoms with Gasteiger partial charge in [-0.25, -0.2) is 4.98 Å². The van der Waals surface area contributed by atoms with Gasteiger partial charge in [-0.3, -0.25) is 4.90 Å². The van der Waals surface area contributed by atoms with Gasteiger partial charge in [-0.05, 0) is 19.9 Å². The summed E-state index contributed by atoms with van der Waals surface area (Å²) in [5, 5.41) is 6.66. The molecule has 0 saturated carbocycles. The van der Waals surface area contributed by atoms with E-state index in [9.17, 15) is 0 Å². The van der Waals surface area contributed by atoms with Crippen LogP contribution in [0.5, 0.6) is 0 Å². The molecule has 1 aliphatic rings. The van der Waals surface area contributed by atoms with Crippen molar-refractivity contribution in [2.45, 2.75) is 26.8 Å². The van der Waals surface area contributed by atoms with Crippen molar-refractivity contribution in [1.82, 2.24) is 14.8 Å². The van der Waals surface area contributed by atoms with E-state index < -0.39 is 0 Å². The van der Waals surface area contributed by atoms with Gasteiger partial charge in [0.15, 0.2) is 5.13 Å². The Morgan fingerprint density at radius 1 is 1.32 bits per heavy atom. The second-order valence-corrected chi connectivity index (χ2v) is 6.68. The molecule has 1 aromatic heterocycles. The molecule has 0 spiro atoms. The number of nitrogens with one attached hydrogen (secondary N) is 1. The minimum Gasteiger partial charge on any atom is -0.360 e. The monoisotopic (exact) mass is 282 g/mol. The molecule has 1 fully saturated rings. The van der Waals surface area contributed by atoms with E-state index in [2.05, 4.69) is 46.4 Å². The second kappa shape index (κ2) is 6.68. The molecule has 1 aliphatic heterocycles. The first-order valence-electron chi connectivity index (χ1n) is 7.15. The summed E-state index contributed by atoms with van der Waals surface area (Å²) in [6, 6.07) is 0.595. The quantitative estimate of drug-likeness (QED) is 0.896. The van der Waals surface area contributed by atoms with E-state index in [4.69, 9.17) is 0 Å². The Kier molecular flexibility index (Phi) is 5.19. The third-order valence-electron chi connectivity index (χ3n) is 3.86. The molecule has 19 heavy (non-hydrogen) atoms. The standard InChI is InChI=1S/C14H26N4S/c1-11(2)13(18-7-5-17(4)6-8-18)9-15-14-16-12(3)10-19-14/h10-11,13H,5-9H2,1-4H3,(H,15,16). The third-order valence-corrected chi connectivity index (χ3v) is 4.78. The highest BCUT2D eigenvalue weighted by Crippen LogP contribution is 2.18. The molecule has 1 saturated heterocycles. The fourth-order valence-electron chi connectivity index (χ4n) is 2.57. The molecule has 2 heterocycles. The number of nitrogens with zero attached hydrogens (tertiary/aromatic N) is 3. The lowest BCUT2D eigenvalue weighted by Gasteiger charge is -2.39. The fraction of sp³-hybridized carbons (Fsp3) is 0.786. The zero-order valence-corrected chi connectivity index (χ0v) is 13.3. The van der Waals surface area contributed by atoms with Crippen molar-refractivity contribution in [3.8, 4) is 0 Å². The number of aromatic nitrogens is 1. The highest BCUT2D eigenvalue weighted by Gasteiger charge is 2.24. The molecule has 108 valence electrons. The number of piperazine rings is 1. The summed E-state index contributed by atoms with van der Waals surface area (Å²) in [7, 11) is 2.21. The van der Waals surface area contributed by atoms with Crippen molar-refractivity contribution in [2.75, 3.05) is 45.1 Å². The molecule has 4 nitrogen and oxygen atoms in total. The lowest BCUT2D eigenvalue weighted by Crippen LogP contribution is -2.52. The summed E-state index contributed by atoms with van der Waals surface area (Å²) < 4.78 is 0. The Morgan fingerprint density at radius 2 is 2.00 bits per heavy atom. The first kappa shape index (κ1) is 14.8. The van der Waals surface area contributed by atoms with E-state index in [1.165, 1.54) is 26.2 Å². The molecule has 0 bridgehead atoms. The van der Waals surface area contributed by atoms with Gasteiger partial charge in [0.1, 0.15) is 0 Å². The lowest BCUT2D eigenvalue weighted by atomic mass is 10.0. The van der Waals surface area contributed by atoms with Gasteiger partial charge in [0, 0.05) is 44.1 Å². The SMILES string of the molecule is Cc1csc(NCC(C(C)C)N2CCN(C)CC2)n1. The van der Waals surface area contributed by atoms with Crippen molar-refractivity contribution in [3.63, 3.8) is 0 Å². The van der Waals surface area contributed by atoms with Crippen LogP contribution in [0.4, 0.5) is 5.13 Å². The minimum absolute atomic E-state index is 0.595. The number of hydrogen-bond acceptors (Lipinski definition) is 5. The average molecular weight is 282 g/mol. The van der Waals surface area contributed by atoms with E-state index in [1.807, 2.05) is 6.92 Å². The summed E-state index contributed by atoms with van der Waals surface area (Å²) in [6.45, 7) is 12.4. The van der Waals surface area contributed by atoms with E-state index in [1.54, 1.807) is 11.3 Å². The maximum absolute atomic E-state index is 4.48. The number of anilines is 1. The first-order chi connectivity index (χ1) is 9.06. The molecule has 0 amide bonds. The lowest BCUT2D eigenvalue weighted by molar-refractivity contribution is 0.0944. The van der Waals surface area contributed by atoms with E-state index >= 15 is 0 Å². The van der Waals surface area contributed by atoms with Crippen molar-refractivity contribution in [2.24, 2.45) is 5.92 Å². The Morgan fingerprint density at radius 3 is 2.53 bits per heavy atom. The summed E-state index contributed by atoms with van der Waals surface area (Å²) >= 11 is 1.70. The van der Waals surface area contributed by atoms with Crippen LogP contribution >= 0.6 is 11.3 Å². The van der Waals surface area contributed by atoms with Gasteiger partial charge in [-0.2, -0.15) is 0 Å². The van der Waals surface area contributed by atoms with Gasteiger partial charge in [-0.1, -0.05) is 13.8 Å². The summed E-state index contributed by atoms with van der Waals surface area (Å²) in [6.07, 6.45) is 0. The molecule has 0 aliphatic carbocycles. The number of rotatable bonds is 5. The zero-order valence-electron chi connectivity index (χ0n) is 12.5. The number of thiazole rings is 1. The van der Waals surface area contributed by atoms with Crippen LogP contribution in [0.15, 0.2) is 5.38 Å². The van der Waals surface area contributed by atoms with Crippen molar-refractivity contribution < 1.29 is 0 Å². The molecular weight excluding hydrogens is 256 g/mol. The van der Waals surface area contributed by atoms with Gasteiger partial charge in [0.25, 0.3) is 0 Å². The van der Waals surface area contributed by atoms with Crippen LogP contribution in [0.25, 0.3) is 0 Å². The molecule has 1 aromatic rings. The highest BCUT2D eigenvalue weighted by molar-refractivity contribution is 7.13. The second-order valence-electron chi connectivity index (χ2n) is 5.83. The fourth-order valence-corrected chi connectivity index (χ4v) is 3.27. The van der Waals surface area contributed by atoms with E-state index in [0.717, 1.165) is 17.4 Å². The third kappa shape index (κ3) is 4.16. The predicted molar refractivity (Wildman–Crippen MR) is 83.0 cm³/mol. The summed E-state index contributed by atoms with van der Waals surface area (Å²) in [4.78, 5) is 9.51. The number of aryl methyl sites for hydroxylation is 1. The Balaban J connectivity index is 1.89. The van der Waals surface area contributed by atoms with Crippen LogP contribution in [-0.2, 0) is 0 Å². The highest BCUT2D eigenvalue weighted by atomic mass is 32.1. The van der Waals surface area contributed by atoms with Crippen LogP contribution in [0, 0.1) is 12.8 Å². The predicted octanol–water partition coefficient (Wildman–Crippen LogP) is 2.14. The normalized spacial score (nSPS) is 19.8. The van der Waals surface area contributed by atoms with Crippen LogP contribution < -0.4 is 5.32 Å². The van der Waals surface area contributed by atoms with Crippen molar-refractivity contribution in [1.29, 1.82) is 0 Å². The summed E-state index contributed by atoms with van der Waals surface area (Å²) in [5.41, 5.74) is 1.10. The maximum atomic E-state index is 4.48. The molecule has 0 aromatic carbocycles. The first-order valence-corrected chi connectivity index (χ1v) is 8.03. The Hall–Kier alpha value is -0.650. The van der Waals surface area contributed by atoms with Gasteiger partial charge in [-0.15, -0.1) is 11.3 Å². The molecule has 5 heteroatoms. The molecular formula is C14H26N4S. The Labute approximate surface area is 120 Å². The van der Waals surface area contributed by atoms with Crippen LogP contribution in [0.2, 0.25) is 0 Å². The number of likely N-dealkylation sites (N-methyl/N-ethyl adjacent to an activating group) is 1. The summed E-state index contributed by atoms with van der Waals surface area (Å²) in [5.74, 6) is 0.664. The van der Waals surface area contributed by atoms with E-state index in [0.29, 0.717) is 12.0 Å². The maximum Gasteiger partial charge on any atom is 0.182 e. The topological polar surface area (TPSA) is 31.4 Å². The van der Waals surface area contributed by atoms with Gasteiger partial charge >= 0.3 is 0 Å². The molecule has 0 radical (unpaired) electrons. The number of hydrogen-bond donors (Lipinski definition) is 1. The zero-order chi connectivity index (χ0) is 13.8. The Bertz CT molecular complexity index is 383. The van der Waals surface area contributed by atoms with E-state index in [-0.39, 0.29) is 0 Å². The van der Waals surface area contributed by atoms with Gasteiger partial charge in [0.05, 0.1) is 5.69 Å². The van der Waals surface area contributed by atoms with Crippen molar-refractivity contribution in [3.05, 3.63) is 11.1 Å². The van der Waals surface area contributed by atoms with Crippen LogP contribution in [-0.4, -0.2) is 60.6 Å². The van der Waals surface area contributed by atoms with Crippen LogP contribution in [0.1, 0.15) is 19.5 Å². The van der Waals surface area contributed by atoms with Crippen molar-refractivity contribution >= 4 is 16.5 Å². The average Bonchev–Trinajstić information content (AvgIpc) is 2.77. The molecule has 1 atom stereocenters. The molecule has 1 unspecified atom stereocenters. The van der Waals surface area contributed by atoms with Gasteiger partial charge in [0.2, 0.25) is 0 Å².